The summed E-state index contributed by atoms with van der Waals surface area (Å²) in [6.07, 6.45) is 6.41. The summed E-state index contributed by atoms with van der Waals surface area (Å²) in [7, 11) is 0. The SMILES string of the molecule is C[C@@H]1CC(N)=CC=C2C=C(F)C=C(F)C21. The third-order valence-corrected chi connectivity index (χ3v) is 2.85. The van der Waals surface area contributed by atoms with E-state index in [0.29, 0.717) is 17.7 Å². The number of hydrogen-bond acceptors (Lipinski definition) is 1. The van der Waals surface area contributed by atoms with Crippen LogP contribution in [0.4, 0.5) is 8.78 Å². The van der Waals surface area contributed by atoms with Gasteiger partial charge >= 0.3 is 0 Å². The average Bonchev–Trinajstić information content (AvgIpc) is 2.25. The van der Waals surface area contributed by atoms with E-state index in [1.165, 1.54) is 6.08 Å². The molecule has 0 aromatic carbocycles. The van der Waals surface area contributed by atoms with Gasteiger partial charge in [-0.15, -0.1) is 0 Å². The zero-order valence-corrected chi connectivity index (χ0v) is 8.50. The monoisotopic (exact) mass is 209 g/mol. The number of rotatable bonds is 0. The second-order valence-electron chi connectivity index (χ2n) is 4.13. The molecule has 0 radical (unpaired) electrons. The maximum absolute atomic E-state index is 13.6. The van der Waals surface area contributed by atoms with E-state index in [2.05, 4.69) is 0 Å². The summed E-state index contributed by atoms with van der Waals surface area (Å²) in [6.45, 7) is 1.93. The normalized spacial score (nSPS) is 30.6. The molecule has 2 rings (SSSR count). The van der Waals surface area contributed by atoms with Gasteiger partial charge in [-0.2, -0.15) is 0 Å². The quantitative estimate of drug-likeness (QED) is 0.651. The summed E-state index contributed by atoms with van der Waals surface area (Å²) in [5.74, 6) is -1.22. The third-order valence-electron chi connectivity index (χ3n) is 2.85. The second kappa shape index (κ2) is 3.65. The zero-order valence-electron chi connectivity index (χ0n) is 8.50. The van der Waals surface area contributed by atoms with E-state index in [-0.39, 0.29) is 11.8 Å². The van der Waals surface area contributed by atoms with Crippen LogP contribution in [0.3, 0.4) is 0 Å². The molecule has 2 aliphatic carbocycles. The Morgan fingerprint density at radius 2 is 2.00 bits per heavy atom. The molecule has 2 aliphatic rings. The first-order valence-electron chi connectivity index (χ1n) is 4.98. The lowest BCUT2D eigenvalue weighted by Crippen LogP contribution is -2.17. The first-order valence-corrected chi connectivity index (χ1v) is 4.98. The molecular formula is C12H13F2N. The Labute approximate surface area is 87.7 Å². The predicted octanol–water partition coefficient (Wildman–Crippen LogP) is 3.13. The summed E-state index contributed by atoms with van der Waals surface area (Å²) in [4.78, 5) is 0. The fraction of sp³-hybridized carbons (Fsp3) is 0.333. The number of halogens is 2. The van der Waals surface area contributed by atoms with Crippen molar-refractivity contribution in [2.45, 2.75) is 13.3 Å². The molecule has 0 saturated heterocycles. The molecule has 0 spiro atoms. The van der Waals surface area contributed by atoms with Crippen molar-refractivity contribution in [1.82, 2.24) is 0 Å². The highest BCUT2D eigenvalue weighted by Gasteiger charge is 2.29. The standard InChI is InChI=1S/C12H13F2N/c1-7-4-10(15)3-2-8-5-9(13)6-11(14)12(7)8/h2-3,5-7,12H,4,15H2,1H3/t7-,12?/m1/s1. The molecule has 0 heterocycles. The Hall–Kier alpha value is -1.38. The molecule has 15 heavy (non-hydrogen) atoms. The van der Waals surface area contributed by atoms with E-state index in [4.69, 9.17) is 5.73 Å². The molecule has 80 valence electrons. The van der Waals surface area contributed by atoms with Crippen LogP contribution in [0.25, 0.3) is 0 Å². The van der Waals surface area contributed by atoms with Crippen LogP contribution in [0.1, 0.15) is 13.3 Å². The lowest BCUT2D eigenvalue weighted by Gasteiger charge is -2.24. The van der Waals surface area contributed by atoms with Crippen molar-refractivity contribution in [3.8, 4) is 0 Å². The molecule has 1 unspecified atom stereocenters. The lowest BCUT2D eigenvalue weighted by molar-refractivity contribution is 0.385. The Kier molecular flexibility index (Phi) is 2.47. The molecule has 2 N–H and O–H groups in total. The molecule has 0 saturated carbocycles. The lowest BCUT2D eigenvalue weighted by atomic mass is 9.82. The van der Waals surface area contributed by atoms with Gasteiger partial charge in [0.1, 0.15) is 11.7 Å². The molecule has 0 fully saturated rings. The minimum Gasteiger partial charge on any atom is -0.402 e. The van der Waals surface area contributed by atoms with E-state index < -0.39 is 11.7 Å². The average molecular weight is 209 g/mol. The summed E-state index contributed by atoms with van der Waals surface area (Å²) in [6, 6.07) is 0. The fourth-order valence-corrected chi connectivity index (χ4v) is 2.18. The van der Waals surface area contributed by atoms with Crippen molar-refractivity contribution in [2.24, 2.45) is 17.6 Å². The molecule has 0 aromatic rings. The first kappa shape index (κ1) is 10.1. The number of hydrogen-bond donors (Lipinski definition) is 1. The topological polar surface area (TPSA) is 26.0 Å². The maximum atomic E-state index is 13.6. The molecular weight excluding hydrogens is 196 g/mol. The Bertz CT molecular complexity index is 402. The Balaban J connectivity index is 2.43. The van der Waals surface area contributed by atoms with Crippen LogP contribution in [-0.2, 0) is 0 Å². The third kappa shape index (κ3) is 1.87. The highest BCUT2D eigenvalue weighted by molar-refractivity contribution is 5.42. The predicted molar refractivity (Wildman–Crippen MR) is 56.0 cm³/mol. The Morgan fingerprint density at radius 1 is 1.27 bits per heavy atom. The van der Waals surface area contributed by atoms with Crippen molar-refractivity contribution >= 4 is 0 Å². The van der Waals surface area contributed by atoms with Crippen LogP contribution in [-0.4, -0.2) is 0 Å². The zero-order chi connectivity index (χ0) is 11.0. The highest BCUT2D eigenvalue weighted by atomic mass is 19.1. The summed E-state index contributed by atoms with van der Waals surface area (Å²) < 4.78 is 26.6. The van der Waals surface area contributed by atoms with Crippen molar-refractivity contribution in [3.05, 3.63) is 47.2 Å². The van der Waals surface area contributed by atoms with E-state index in [1.54, 1.807) is 12.2 Å². The summed E-state index contributed by atoms with van der Waals surface area (Å²) in [5.41, 5.74) is 7.10. The van der Waals surface area contributed by atoms with Gasteiger partial charge in [-0.3, -0.25) is 0 Å². The maximum Gasteiger partial charge on any atom is 0.126 e. The summed E-state index contributed by atoms with van der Waals surface area (Å²) >= 11 is 0. The van der Waals surface area contributed by atoms with Crippen LogP contribution in [0.15, 0.2) is 47.2 Å². The molecule has 0 aromatic heterocycles. The van der Waals surface area contributed by atoms with E-state index >= 15 is 0 Å². The van der Waals surface area contributed by atoms with Crippen LogP contribution >= 0.6 is 0 Å². The molecule has 2 atom stereocenters. The van der Waals surface area contributed by atoms with Gasteiger partial charge in [-0.25, -0.2) is 8.78 Å². The van der Waals surface area contributed by atoms with E-state index in [9.17, 15) is 8.78 Å². The van der Waals surface area contributed by atoms with Crippen molar-refractivity contribution in [2.75, 3.05) is 0 Å². The number of allylic oxidation sites excluding steroid dienone is 8. The van der Waals surface area contributed by atoms with Gasteiger partial charge in [0.05, 0.1) is 0 Å². The first-order chi connectivity index (χ1) is 7.08. The van der Waals surface area contributed by atoms with Gasteiger partial charge in [-0.05, 0) is 30.1 Å². The smallest absolute Gasteiger partial charge is 0.126 e. The number of nitrogens with two attached hydrogens (primary N) is 1. The van der Waals surface area contributed by atoms with Crippen molar-refractivity contribution in [3.63, 3.8) is 0 Å². The van der Waals surface area contributed by atoms with Gasteiger partial charge in [-0.1, -0.05) is 13.0 Å². The van der Waals surface area contributed by atoms with Gasteiger partial charge < -0.3 is 5.73 Å². The van der Waals surface area contributed by atoms with Gasteiger partial charge in [0.25, 0.3) is 0 Å². The minimum atomic E-state index is -0.531. The molecule has 0 bridgehead atoms. The van der Waals surface area contributed by atoms with E-state index in [0.717, 1.165) is 6.08 Å². The fourth-order valence-electron chi connectivity index (χ4n) is 2.18. The van der Waals surface area contributed by atoms with E-state index in [1.807, 2.05) is 6.92 Å². The largest absolute Gasteiger partial charge is 0.402 e. The minimum absolute atomic E-state index is 0.0654. The number of fused-ring (bicyclic) bond motifs is 1. The van der Waals surface area contributed by atoms with Crippen LogP contribution < -0.4 is 5.73 Å². The molecule has 0 amide bonds. The van der Waals surface area contributed by atoms with Crippen molar-refractivity contribution < 1.29 is 8.78 Å². The molecule has 1 nitrogen and oxygen atoms in total. The Morgan fingerprint density at radius 3 is 2.73 bits per heavy atom. The van der Waals surface area contributed by atoms with Crippen LogP contribution in [0.2, 0.25) is 0 Å². The van der Waals surface area contributed by atoms with Crippen LogP contribution in [0.5, 0.6) is 0 Å². The molecule has 0 aliphatic heterocycles. The highest BCUT2D eigenvalue weighted by Crippen LogP contribution is 2.39. The van der Waals surface area contributed by atoms with Crippen LogP contribution in [0, 0.1) is 11.8 Å². The summed E-state index contributed by atoms with van der Waals surface area (Å²) in [5, 5.41) is 0. The van der Waals surface area contributed by atoms with Gasteiger partial charge in [0, 0.05) is 17.7 Å². The molecule has 3 heteroatoms. The second-order valence-corrected chi connectivity index (χ2v) is 4.13. The van der Waals surface area contributed by atoms with Crippen molar-refractivity contribution in [1.29, 1.82) is 0 Å². The van der Waals surface area contributed by atoms with Gasteiger partial charge in [0.15, 0.2) is 0 Å². The van der Waals surface area contributed by atoms with Gasteiger partial charge in [0.2, 0.25) is 0 Å².